The number of amides is 2. The van der Waals surface area contributed by atoms with Crippen LogP contribution in [0.15, 0.2) is 0 Å². The lowest BCUT2D eigenvalue weighted by Crippen LogP contribution is -2.43. The molecule has 7 nitrogen and oxygen atoms in total. The van der Waals surface area contributed by atoms with E-state index in [1.165, 1.54) is 5.48 Å². The SMILES string of the molecule is O=C(CNC(=O)[C@H]1CCCC[C@H]1C(=O)O)NO. The Bertz CT molecular complexity index is 318. The highest BCUT2D eigenvalue weighted by Crippen LogP contribution is 2.30. The van der Waals surface area contributed by atoms with E-state index in [1.807, 2.05) is 0 Å². The fourth-order valence-electron chi connectivity index (χ4n) is 2.08. The fourth-order valence-corrected chi connectivity index (χ4v) is 2.08. The molecule has 0 spiro atoms. The minimum absolute atomic E-state index is 0.349. The highest BCUT2D eigenvalue weighted by molar-refractivity contribution is 5.88. The van der Waals surface area contributed by atoms with Gasteiger partial charge in [0.2, 0.25) is 5.91 Å². The summed E-state index contributed by atoms with van der Waals surface area (Å²) in [7, 11) is 0. The van der Waals surface area contributed by atoms with Crippen LogP contribution in [0.5, 0.6) is 0 Å². The summed E-state index contributed by atoms with van der Waals surface area (Å²) in [6.07, 6.45) is 2.62. The first-order valence-corrected chi connectivity index (χ1v) is 5.49. The topological polar surface area (TPSA) is 116 Å². The van der Waals surface area contributed by atoms with Crippen LogP contribution in [0.2, 0.25) is 0 Å². The molecule has 2 atom stereocenters. The van der Waals surface area contributed by atoms with Gasteiger partial charge in [-0.3, -0.25) is 19.6 Å². The van der Waals surface area contributed by atoms with Gasteiger partial charge in [-0.05, 0) is 12.8 Å². The van der Waals surface area contributed by atoms with Gasteiger partial charge >= 0.3 is 5.97 Å². The van der Waals surface area contributed by atoms with Crippen LogP contribution in [0, 0.1) is 11.8 Å². The van der Waals surface area contributed by atoms with Gasteiger partial charge in [-0.2, -0.15) is 0 Å². The number of hydrogen-bond donors (Lipinski definition) is 4. The number of carboxylic acid groups (broad SMARTS) is 1. The average Bonchev–Trinajstić information content (AvgIpc) is 2.35. The minimum Gasteiger partial charge on any atom is -0.481 e. The van der Waals surface area contributed by atoms with Crippen LogP contribution in [-0.2, 0) is 14.4 Å². The molecule has 4 N–H and O–H groups in total. The third kappa shape index (κ3) is 3.70. The highest BCUT2D eigenvalue weighted by atomic mass is 16.5. The Labute approximate surface area is 98.1 Å². The number of carbonyl (C=O) groups excluding carboxylic acids is 2. The number of hydrogen-bond acceptors (Lipinski definition) is 4. The van der Waals surface area contributed by atoms with Gasteiger partial charge in [0.05, 0.1) is 18.4 Å². The van der Waals surface area contributed by atoms with Crippen LogP contribution < -0.4 is 10.8 Å². The maximum Gasteiger partial charge on any atom is 0.307 e. The third-order valence-electron chi connectivity index (χ3n) is 2.97. The Hall–Kier alpha value is -1.63. The van der Waals surface area contributed by atoms with Crippen LogP contribution in [0.3, 0.4) is 0 Å². The molecule has 0 radical (unpaired) electrons. The zero-order chi connectivity index (χ0) is 12.8. The number of hydroxylamine groups is 1. The van der Waals surface area contributed by atoms with E-state index in [0.717, 1.165) is 12.8 Å². The molecular weight excluding hydrogens is 228 g/mol. The Morgan fingerprint density at radius 1 is 1.12 bits per heavy atom. The summed E-state index contributed by atoms with van der Waals surface area (Å²) in [6.45, 7) is -0.349. The lowest BCUT2D eigenvalue weighted by molar-refractivity contribution is -0.149. The predicted molar refractivity (Wildman–Crippen MR) is 56.0 cm³/mol. The molecule has 1 rings (SSSR count). The summed E-state index contributed by atoms with van der Waals surface area (Å²) < 4.78 is 0. The Balaban J connectivity index is 2.53. The number of rotatable bonds is 4. The fraction of sp³-hybridized carbons (Fsp3) is 0.700. The first kappa shape index (κ1) is 13.4. The van der Waals surface area contributed by atoms with Crippen LogP contribution in [0.25, 0.3) is 0 Å². The molecule has 1 aliphatic carbocycles. The van der Waals surface area contributed by atoms with E-state index in [4.69, 9.17) is 10.3 Å². The maximum atomic E-state index is 11.7. The van der Waals surface area contributed by atoms with Gasteiger partial charge in [0.25, 0.3) is 5.91 Å². The third-order valence-corrected chi connectivity index (χ3v) is 2.97. The van der Waals surface area contributed by atoms with Gasteiger partial charge in [-0.25, -0.2) is 5.48 Å². The van der Waals surface area contributed by atoms with Crippen LogP contribution in [-0.4, -0.2) is 34.6 Å². The van der Waals surface area contributed by atoms with Crippen LogP contribution >= 0.6 is 0 Å². The molecule has 0 aromatic heterocycles. The molecule has 96 valence electrons. The quantitative estimate of drug-likeness (QED) is 0.393. The van der Waals surface area contributed by atoms with E-state index in [-0.39, 0.29) is 6.54 Å². The second-order valence-corrected chi connectivity index (χ2v) is 4.09. The van der Waals surface area contributed by atoms with Crippen LogP contribution in [0.1, 0.15) is 25.7 Å². The standard InChI is InChI=1S/C10H16N2O5/c13-8(12-17)5-11-9(14)6-3-1-2-4-7(6)10(15)16/h6-7,17H,1-5H2,(H,11,14)(H,12,13)(H,15,16)/t6-,7+/m0/s1. The molecule has 1 fully saturated rings. The smallest absolute Gasteiger partial charge is 0.307 e. The second kappa shape index (κ2) is 6.19. The average molecular weight is 244 g/mol. The molecule has 0 aliphatic heterocycles. The Kier molecular flexibility index (Phi) is 4.89. The van der Waals surface area contributed by atoms with Crippen LogP contribution in [0.4, 0.5) is 0 Å². The largest absolute Gasteiger partial charge is 0.481 e. The molecule has 0 aromatic rings. The minimum atomic E-state index is -0.976. The highest BCUT2D eigenvalue weighted by Gasteiger charge is 2.35. The summed E-state index contributed by atoms with van der Waals surface area (Å²) in [5.74, 6) is -3.42. The van der Waals surface area contributed by atoms with E-state index in [2.05, 4.69) is 5.32 Å². The second-order valence-electron chi connectivity index (χ2n) is 4.09. The normalized spacial score (nSPS) is 23.8. The molecule has 17 heavy (non-hydrogen) atoms. The van der Waals surface area contributed by atoms with Gasteiger partial charge in [-0.15, -0.1) is 0 Å². The summed E-state index contributed by atoms with van der Waals surface area (Å²) in [6, 6.07) is 0. The molecule has 0 saturated heterocycles. The number of carboxylic acids is 1. The molecule has 0 aromatic carbocycles. The lowest BCUT2D eigenvalue weighted by atomic mass is 9.79. The van der Waals surface area contributed by atoms with Gasteiger partial charge in [0, 0.05) is 0 Å². The van der Waals surface area contributed by atoms with E-state index in [0.29, 0.717) is 12.8 Å². The van der Waals surface area contributed by atoms with Crippen molar-refractivity contribution in [2.24, 2.45) is 11.8 Å². The van der Waals surface area contributed by atoms with Crippen molar-refractivity contribution in [3.05, 3.63) is 0 Å². The molecule has 1 aliphatic rings. The van der Waals surface area contributed by atoms with Crippen molar-refractivity contribution in [3.63, 3.8) is 0 Å². The number of aliphatic carboxylic acids is 1. The molecule has 0 unspecified atom stereocenters. The Morgan fingerprint density at radius 2 is 1.71 bits per heavy atom. The van der Waals surface area contributed by atoms with Crippen molar-refractivity contribution in [3.8, 4) is 0 Å². The lowest BCUT2D eigenvalue weighted by Gasteiger charge is -2.27. The van der Waals surface area contributed by atoms with Crippen molar-refractivity contribution >= 4 is 17.8 Å². The first-order valence-electron chi connectivity index (χ1n) is 5.49. The van der Waals surface area contributed by atoms with Crippen molar-refractivity contribution < 1.29 is 24.7 Å². The molecule has 2 amide bonds. The molecule has 7 heteroatoms. The van der Waals surface area contributed by atoms with Gasteiger partial charge in [0.15, 0.2) is 0 Å². The van der Waals surface area contributed by atoms with E-state index in [1.54, 1.807) is 0 Å². The number of carbonyl (C=O) groups is 3. The summed E-state index contributed by atoms with van der Waals surface area (Å²) in [4.78, 5) is 33.4. The van der Waals surface area contributed by atoms with Crippen molar-refractivity contribution in [2.75, 3.05) is 6.54 Å². The summed E-state index contributed by atoms with van der Waals surface area (Å²) in [5, 5.41) is 19.5. The van der Waals surface area contributed by atoms with Crippen molar-refractivity contribution in [1.82, 2.24) is 10.8 Å². The van der Waals surface area contributed by atoms with E-state index < -0.39 is 29.6 Å². The van der Waals surface area contributed by atoms with Crippen molar-refractivity contribution in [1.29, 1.82) is 0 Å². The van der Waals surface area contributed by atoms with Gasteiger partial charge < -0.3 is 10.4 Å². The molecule has 1 saturated carbocycles. The first-order chi connectivity index (χ1) is 8.06. The van der Waals surface area contributed by atoms with E-state index in [9.17, 15) is 14.4 Å². The molecule has 0 bridgehead atoms. The number of nitrogens with one attached hydrogen (secondary N) is 2. The monoisotopic (exact) mass is 244 g/mol. The van der Waals surface area contributed by atoms with E-state index >= 15 is 0 Å². The predicted octanol–water partition coefficient (Wildman–Crippen LogP) is -0.501. The summed E-state index contributed by atoms with van der Waals surface area (Å²) in [5.41, 5.74) is 1.39. The molecular formula is C10H16N2O5. The molecule has 0 heterocycles. The zero-order valence-corrected chi connectivity index (χ0v) is 9.31. The van der Waals surface area contributed by atoms with Gasteiger partial charge in [-0.1, -0.05) is 12.8 Å². The van der Waals surface area contributed by atoms with Crippen molar-refractivity contribution in [2.45, 2.75) is 25.7 Å². The zero-order valence-electron chi connectivity index (χ0n) is 9.31. The summed E-state index contributed by atoms with van der Waals surface area (Å²) >= 11 is 0. The maximum absolute atomic E-state index is 11.7. The van der Waals surface area contributed by atoms with Gasteiger partial charge in [0.1, 0.15) is 0 Å². The Morgan fingerprint density at radius 3 is 2.24 bits per heavy atom.